The van der Waals surface area contributed by atoms with Gasteiger partial charge in [-0.05, 0) is 0 Å². The average molecular weight is 169 g/mol. The van der Waals surface area contributed by atoms with Gasteiger partial charge in [0.15, 0.2) is 0 Å². The fraction of sp³-hybridized carbons (Fsp3) is 0.875. The predicted molar refractivity (Wildman–Crippen MR) is 45.9 cm³/mol. The molecule has 2 fully saturated rings. The van der Waals surface area contributed by atoms with Crippen LogP contribution in [0.2, 0.25) is 0 Å². The maximum Gasteiger partial charge on any atom is 0.241 e. The van der Waals surface area contributed by atoms with Crippen LogP contribution in [0.1, 0.15) is 0 Å². The Balaban J connectivity index is 2.08. The molecule has 2 aliphatic heterocycles. The third-order valence-electron chi connectivity index (χ3n) is 2.74. The molecule has 0 aromatic heterocycles. The topological polar surface area (TPSA) is 35.6 Å². The number of hydrogen-bond donors (Lipinski definition) is 1. The molecule has 1 amide bonds. The van der Waals surface area contributed by atoms with Gasteiger partial charge in [0.2, 0.25) is 5.91 Å². The van der Waals surface area contributed by atoms with Gasteiger partial charge in [0.25, 0.3) is 0 Å². The van der Waals surface area contributed by atoms with Crippen LogP contribution in [0.3, 0.4) is 0 Å². The SMILES string of the molecule is CN1CCN2CCNCC2C1=O. The highest BCUT2D eigenvalue weighted by Crippen LogP contribution is 2.10. The van der Waals surface area contributed by atoms with Crippen molar-refractivity contribution in [3.8, 4) is 0 Å². The molecule has 0 saturated carbocycles. The lowest BCUT2D eigenvalue weighted by Gasteiger charge is -2.41. The molecule has 0 aromatic carbocycles. The molecule has 2 aliphatic rings. The molecule has 4 nitrogen and oxygen atoms in total. The minimum Gasteiger partial charge on any atom is -0.343 e. The van der Waals surface area contributed by atoms with Gasteiger partial charge in [-0.15, -0.1) is 0 Å². The smallest absolute Gasteiger partial charge is 0.241 e. The summed E-state index contributed by atoms with van der Waals surface area (Å²) in [7, 11) is 1.88. The summed E-state index contributed by atoms with van der Waals surface area (Å²) in [6, 6.07) is 0.109. The molecule has 1 atom stereocenters. The van der Waals surface area contributed by atoms with Crippen LogP contribution >= 0.6 is 0 Å². The van der Waals surface area contributed by atoms with Gasteiger partial charge in [0, 0.05) is 39.8 Å². The van der Waals surface area contributed by atoms with Crippen LogP contribution in [0.15, 0.2) is 0 Å². The highest BCUT2D eigenvalue weighted by molar-refractivity contribution is 5.82. The Kier molecular flexibility index (Phi) is 2.02. The van der Waals surface area contributed by atoms with E-state index in [0.717, 1.165) is 32.7 Å². The normalized spacial score (nSPS) is 31.9. The minimum absolute atomic E-state index is 0.109. The number of hydrogen-bond acceptors (Lipinski definition) is 3. The van der Waals surface area contributed by atoms with Crippen molar-refractivity contribution < 1.29 is 4.79 Å². The van der Waals surface area contributed by atoms with E-state index in [-0.39, 0.29) is 11.9 Å². The monoisotopic (exact) mass is 169 g/mol. The standard InChI is InChI=1S/C8H15N3O/c1-10-4-5-11-3-2-9-6-7(11)8(10)12/h7,9H,2-6H2,1H3. The summed E-state index contributed by atoms with van der Waals surface area (Å²) in [4.78, 5) is 15.7. The van der Waals surface area contributed by atoms with E-state index < -0.39 is 0 Å². The van der Waals surface area contributed by atoms with E-state index in [4.69, 9.17) is 0 Å². The first-order chi connectivity index (χ1) is 5.79. The molecule has 1 N–H and O–H groups in total. The molecule has 0 spiro atoms. The molecular formula is C8H15N3O. The molecule has 2 rings (SSSR count). The Morgan fingerprint density at radius 3 is 3.08 bits per heavy atom. The first kappa shape index (κ1) is 8.01. The Labute approximate surface area is 72.5 Å². The number of rotatable bonds is 0. The molecular weight excluding hydrogens is 154 g/mol. The summed E-state index contributed by atoms with van der Waals surface area (Å²) in [6.07, 6.45) is 0. The number of carbonyl (C=O) groups is 1. The van der Waals surface area contributed by atoms with Gasteiger partial charge < -0.3 is 10.2 Å². The summed E-state index contributed by atoms with van der Waals surface area (Å²) in [5.41, 5.74) is 0. The Morgan fingerprint density at radius 2 is 2.25 bits per heavy atom. The van der Waals surface area contributed by atoms with Gasteiger partial charge in [-0.3, -0.25) is 9.69 Å². The third-order valence-corrected chi connectivity index (χ3v) is 2.74. The second-order valence-corrected chi connectivity index (χ2v) is 3.52. The van der Waals surface area contributed by atoms with Crippen molar-refractivity contribution >= 4 is 5.91 Å². The summed E-state index contributed by atoms with van der Waals surface area (Å²) in [5.74, 6) is 0.272. The molecule has 0 aliphatic carbocycles. The van der Waals surface area contributed by atoms with E-state index in [1.54, 1.807) is 0 Å². The van der Waals surface area contributed by atoms with Gasteiger partial charge in [-0.2, -0.15) is 0 Å². The van der Waals surface area contributed by atoms with Crippen LogP contribution in [0, 0.1) is 0 Å². The largest absolute Gasteiger partial charge is 0.343 e. The van der Waals surface area contributed by atoms with Gasteiger partial charge in [0.1, 0.15) is 6.04 Å². The molecule has 0 radical (unpaired) electrons. The first-order valence-corrected chi connectivity index (χ1v) is 4.49. The lowest BCUT2D eigenvalue weighted by Crippen LogP contribution is -2.63. The maximum absolute atomic E-state index is 11.6. The van der Waals surface area contributed by atoms with Gasteiger partial charge in [0.05, 0.1) is 0 Å². The lowest BCUT2D eigenvalue weighted by atomic mass is 10.1. The van der Waals surface area contributed by atoms with Crippen LogP contribution in [-0.4, -0.2) is 61.5 Å². The van der Waals surface area contributed by atoms with Gasteiger partial charge >= 0.3 is 0 Å². The van der Waals surface area contributed by atoms with E-state index >= 15 is 0 Å². The van der Waals surface area contributed by atoms with Crippen LogP contribution < -0.4 is 5.32 Å². The maximum atomic E-state index is 11.6. The minimum atomic E-state index is 0.109. The zero-order chi connectivity index (χ0) is 8.55. The number of carbonyl (C=O) groups excluding carboxylic acids is 1. The van der Waals surface area contributed by atoms with E-state index in [1.807, 2.05) is 11.9 Å². The number of nitrogens with zero attached hydrogens (tertiary/aromatic N) is 2. The van der Waals surface area contributed by atoms with Crippen LogP contribution in [-0.2, 0) is 4.79 Å². The number of fused-ring (bicyclic) bond motifs is 1. The molecule has 68 valence electrons. The van der Waals surface area contributed by atoms with E-state index in [2.05, 4.69) is 10.2 Å². The van der Waals surface area contributed by atoms with Crippen LogP contribution in [0.25, 0.3) is 0 Å². The van der Waals surface area contributed by atoms with Crippen molar-refractivity contribution in [3.63, 3.8) is 0 Å². The highest BCUT2D eigenvalue weighted by atomic mass is 16.2. The molecule has 12 heavy (non-hydrogen) atoms. The molecule has 4 heteroatoms. The summed E-state index contributed by atoms with van der Waals surface area (Å²) < 4.78 is 0. The number of piperazine rings is 2. The number of amides is 1. The lowest BCUT2D eigenvalue weighted by molar-refractivity contribution is -0.140. The molecule has 2 heterocycles. The van der Waals surface area contributed by atoms with Crippen molar-refractivity contribution in [1.29, 1.82) is 0 Å². The Morgan fingerprint density at radius 1 is 1.42 bits per heavy atom. The fourth-order valence-corrected chi connectivity index (χ4v) is 1.90. The third kappa shape index (κ3) is 1.21. The molecule has 0 bridgehead atoms. The van der Waals surface area contributed by atoms with E-state index in [1.165, 1.54) is 0 Å². The zero-order valence-corrected chi connectivity index (χ0v) is 7.42. The average Bonchev–Trinajstić information content (AvgIpc) is 2.12. The zero-order valence-electron chi connectivity index (χ0n) is 7.42. The van der Waals surface area contributed by atoms with Gasteiger partial charge in [-0.1, -0.05) is 0 Å². The van der Waals surface area contributed by atoms with Crippen molar-refractivity contribution in [3.05, 3.63) is 0 Å². The summed E-state index contributed by atoms with van der Waals surface area (Å²) >= 11 is 0. The van der Waals surface area contributed by atoms with Crippen molar-refractivity contribution in [2.75, 3.05) is 39.8 Å². The van der Waals surface area contributed by atoms with Crippen molar-refractivity contribution in [2.45, 2.75) is 6.04 Å². The Hall–Kier alpha value is -0.610. The van der Waals surface area contributed by atoms with Crippen LogP contribution in [0.4, 0.5) is 0 Å². The Bertz CT molecular complexity index is 195. The van der Waals surface area contributed by atoms with Crippen LogP contribution in [0.5, 0.6) is 0 Å². The first-order valence-electron chi connectivity index (χ1n) is 4.49. The summed E-state index contributed by atoms with van der Waals surface area (Å²) in [6.45, 7) is 4.78. The van der Waals surface area contributed by atoms with Crippen molar-refractivity contribution in [1.82, 2.24) is 15.1 Å². The number of likely N-dealkylation sites (N-methyl/N-ethyl adjacent to an activating group) is 1. The van der Waals surface area contributed by atoms with Gasteiger partial charge in [-0.25, -0.2) is 0 Å². The fourth-order valence-electron chi connectivity index (χ4n) is 1.90. The number of nitrogens with one attached hydrogen (secondary N) is 1. The molecule has 2 saturated heterocycles. The molecule has 0 aromatic rings. The predicted octanol–water partition coefficient (Wildman–Crippen LogP) is -1.27. The molecule has 1 unspecified atom stereocenters. The second kappa shape index (κ2) is 3.03. The summed E-state index contributed by atoms with van der Waals surface area (Å²) in [5, 5.41) is 3.25. The quantitative estimate of drug-likeness (QED) is 0.491. The van der Waals surface area contributed by atoms with Crippen molar-refractivity contribution in [2.24, 2.45) is 0 Å². The van der Waals surface area contributed by atoms with E-state index in [9.17, 15) is 4.79 Å². The highest BCUT2D eigenvalue weighted by Gasteiger charge is 2.34. The second-order valence-electron chi connectivity index (χ2n) is 3.52. The van der Waals surface area contributed by atoms with E-state index in [0.29, 0.717) is 0 Å².